The molecule has 0 aromatic heterocycles. The fourth-order valence-electron chi connectivity index (χ4n) is 4.79. The average Bonchev–Trinajstić information content (AvgIpc) is 3.50. The number of benzene rings is 1. The number of carbonyl (C=O) groups excluding carboxylic acids is 2. The average molecular weight is 642 g/mol. The van der Waals surface area contributed by atoms with Crippen LogP contribution in [0.5, 0.6) is 0 Å². The molecule has 0 aliphatic carbocycles. The fraction of sp³-hybridized carbons (Fsp3) is 0.700. The van der Waals surface area contributed by atoms with Crippen LogP contribution in [-0.4, -0.2) is 64.6 Å². The van der Waals surface area contributed by atoms with Crippen molar-refractivity contribution in [2.75, 3.05) is 13.2 Å². The molecule has 0 bridgehead atoms. The van der Waals surface area contributed by atoms with E-state index in [0.717, 1.165) is 12.0 Å². The van der Waals surface area contributed by atoms with Crippen LogP contribution < -0.4 is 10.6 Å². The molecule has 0 spiro atoms. The molecule has 2 amide bonds. The van der Waals surface area contributed by atoms with Gasteiger partial charge in [0.05, 0.1) is 37.5 Å². The maximum absolute atomic E-state index is 11.3. The normalized spacial score (nSPS) is 21.6. The van der Waals surface area contributed by atoms with Gasteiger partial charge in [-0.2, -0.15) is 0 Å². The van der Waals surface area contributed by atoms with Gasteiger partial charge >= 0.3 is 0 Å². The largest absolute Gasteiger partial charge is 0.396 e. The van der Waals surface area contributed by atoms with E-state index in [4.69, 9.17) is 9.84 Å². The zero-order chi connectivity index (χ0) is 27.4. The first-order chi connectivity index (χ1) is 17.6. The molecule has 2 fully saturated rings. The van der Waals surface area contributed by atoms with Crippen LogP contribution in [0.4, 0.5) is 0 Å². The third kappa shape index (κ3) is 13.7. The minimum absolute atomic E-state index is 0. The van der Waals surface area contributed by atoms with E-state index in [9.17, 15) is 19.8 Å². The molecule has 39 heavy (non-hydrogen) atoms. The van der Waals surface area contributed by atoms with Gasteiger partial charge in [0.1, 0.15) is 0 Å². The summed E-state index contributed by atoms with van der Waals surface area (Å²) in [6.07, 6.45) is 2.67. The second kappa shape index (κ2) is 19.7. The Morgan fingerprint density at radius 1 is 0.846 bits per heavy atom. The third-order valence-electron chi connectivity index (χ3n) is 7.64. The summed E-state index contributed by atoms with van der Waals surface area (Å²) >= 11 is 0. The SMILES string of the molecule is CC(C)[C@@H](CO)C[C@H](O)[C@@H]1CCC(=O)N1.CC(C)[C@@H](COCc1ccccc1)C[C@H](O)[C@@H]1CCC(=O)N1.[CH3-].[Pd]. The number of amides is 2. The Kier molecular flexibility index (Phi) is 19.0. The minimum atomic E-state index is -0.531. The Bertz CT molecular complexity index is 810. The van der Waals surface area contributed by atoms with Gasteiger partial charge in [-0.05, 0) is 54.9 Å². The summed E-state index contributed by atoms with van der Waals surface area (Å²) in [5, 5.41) is 35.0. The van der Waals surface area contributed by atoms with E-state index in [1.165, 1.54) is 0 Å². The summed E-state index contributed by atoms with van der Waals surface area (Å²) in [5.74, 6) is 1.24. The van der Waals surface area contributed by atoms with Gasteiger partial charge in [0.15, 0.2) is 0 Å². The van der Waals surface area contributed by atoms with Gasteiger partial charge in [-0.3, -0.25) is 9.59 Å². The van der Waals surface area contributed by atoms with Gasteiger partial charge in [0.25, 0.3) is 0 Å². The van der Waals surface area contributed by atoms with E-state index >= 15 is 0 Å². The molecule has 228 valence electrons. The zero-order valence-electron chi connectivity index (χ0n) is 24.3. The Morgan fingerprint density at radius 2 is 1.31 bits per heavy atom. The molecule has 2 aliphatic heterocycles. The third-order valence-corrected chi connectivity index (χ3v) is 7.64. The molecule has 5 N–H and O–H groups in total. The molecule has 1 aromatic carbocycles. The van der Waals surface area contributed by atoms with E-state index in [0.29, 0.717) is 57.2 Å². The number of nitrogens with one attached hydrogen (secondary N) is 2. The number of carbonyl (C=O) groups is 2. The summed E-state index contributed by atoms with van der Waals surface area (Å²) in [5.41, 5.74) is 1.16. The number of aliphatic hydroxyl groups excluding tert-OH is 3. The fourth-order valence-corrected chi connectivity index (χ4v) is 4.79. The Labute approximate surface area is 249 Å². The van der Waals surface area contributed by atoms with Crippen LogP contribution in [0.25, 0.3) is 0 Å². The van der Waals surface area contributed by atoms with E-state index in [1.807, 2.05) is 44.2 Å². The van der Waals surface area contributed by atoms with E-state index in [-0.39, 0.29) is 70.2 Å². The molecule has 3 rings (SSSR count). The molecular weight excluding hydrogens is 591 g/mol. The summed E-state index contributed by atoms with van der Waals surface area (Å²) < 4.78 is 5.83. The summed E-state index contributed by atoms with van der Waals surface area (Å²) in [6, 6.07) is 9.89. The maximum Gasteiger partial charge on any atom is 0.220 e. The molecule has 9 heteroatoms. The number of aliphatic hydroxyl groups is 3. The smallest absolute Gasteiger partial charge is 0.220 e. The van der Waals surface area contributed by atoms with E-state index in [1.54, 1.807) is 0 Å². The van der Waals surface area contributed by atoms with Gasteiger partial charge < -0.3 is 38.1 Å². The number of ether oxygens (including phenoxy) is 1. The molecule has 0 saturated carbocycles. The molecule has 0 unspecified atom stereocenters. The number of hydrogen-bond acceptors (Lipinski definition) is 6. The van der Waals surface area contributed by atoms with E-state index in [2.05, 4.69) is 24.5 Å². The minimum Gasteiger partial charge on any atom is -0.396 e. The molecule has 0 radical (unpaired) electrons. The molecule has 6 atom stereocenters. The molecule has 2 aliphatic rings. The van der Waals surface area contributed by atoms with Gasteiger partial charge in [-0.15, -0.1) is 0 Å². The second-order valence-corrected chi connectivity index (χ2v) is 11.2. The summed E-state index contributed by atoms with van der Waals surface area (Å²) in [7, 11) is 0. The first-order valence-corrected chi connectivity index (χ1v) is 13.8. The standard InChI is InChI=1S/C18H27NO3.C11H21NO3.CH3.Pd/c1-13(2)15(10-17(20)16-8-9-18(21)19-16)12-22-11-14-6-4-3-5-7-14;1-7(2)8(6-13)5-10(14)9-3-4-11(15)12-9;;/h3-7,13,15-17,20H,8-12H2,1-2H3,(H,19,21);7-10,13-14H,3-6H2,1-2H3,(H,12,15);1H3;/q;;-1;/t15-,16+,17+;8-,9+,10+;;/m11../s1. The summed E-state index contributed by atoms with van der Waals surface area (Å²) in [6.45, 7) is 9.68. The van der Waals surface area contributed by atoms with Gasteiger partial charge in [0.2, 0.25) is 11.8 Å². The van der Waals surface area contributed by atoms with Crippen molar-refractivity contribution in [2.24, 2.45) is 23.7 Å². The number of hydrogen-bond donors (Lipinski definition) is 5. The topological polar surface area (TPSA) is 128 Å². The van der Waals surface area contributed by atoms with Crippen LogP contribution in [-0.2, 0) is 41.4 Å². The van der Waals surface area contributed by atoms with Crippen LogP contribution in [0.2, 0.25) is 0 Å². The molecule has 1 aromatic rings. The predicted molar refractivity (Wildman–Crippen MR) is 150 cm³/mol. The van der Waals surface area contributed by atoms with Gasteiger partial charge in [0, 0.05) is 39.9 Å². The van der Waals surface area contributed by atoms with Crippen LogP contribution in [0, 0.1) is 31.1 Å². The monoisotopic (exact) mass is 641 g/mol. The molecule has 2 saturated heterocycles. The maximum atomic E-state index is 11.3. The van der Waals surface area contributed by atoms with Crippen molar-refractivity contribution >= 4 is 11.8 Å². The molecule has 2 heterocycles. The first kappa shape index (κ1) is 37.7. The van der Waals surface area contributed by atoms with Crippen molar-refractivity contribution in [1.82, 2.24) is 10.6 Å². The Morgan fingerprint density at radius 3 is 1.69 bits per heavy atom. The Hall–Kier alpha value is -1.34. The van der Waals surface area contributed by atoms with Crippen LogP contribution in [0.3, 0.4) is 0 Å². The van der Waals surface area contributed by atoms with Gasteiger partial charge in [-0.25, -0.2) is 0 Å². The van der Waals surface area contributed by atoms with Gasteiger partial charge in [-0.1, -0.05) is 58.0 Å². The predicted octanol–water partition coefficient (Wildman–Crippen LogP) is 3.23. The van der Waals surface area contributed by atoms with Crippen LogP contribution in [0.15, 0.2) is 30.3 Å². The van der Waals surface area contributed by atoms with Crippen molar-refractivity contribution in [3.63, 3.8) is 0 Å². The van der Waals surface area contributed by atoms with Crippen molar-refractivity contribution in [1.29, 1.82) is 0 Å². The quantitative estimate of drug-likeness (QED) is 0.166. The second-order valence-electron chi connectivity index (χ2n) is 11.2. The van der Waals surface area contributed by atoms with Crippen molar-refractivity contribution in [3.05, 3.63) is 43.3 Å². The Balaban J connectivity index is 0.000000752. The van der Waals surface area contributed by atoms with Crippen molar-refractivity contribution in [3.8, 4) is 0 Å². The molecule has 8 nitrogen and oxygen atoms in total. The van der Waals surface area contributed by atoms with Crippen molar-refractivity contribution in [2.45, 2.75) is 97.1 Å². The molecular formula is C30H51N2O6Pd-. The van der Waals surface area contributed by atoms with E-state index < -0.39 is 12.2 Å². The zero-order valence-corrected chi connectivity index (χ0v) is 25.8. The number of rotatable bonds is 13. The first-order valence-electron chi connectivity index (χ1n) is 13.8. The summed E-state index contributed by atoms with van der Waals surface area (Å²) in [4.78, 5) is 22.2. The van der Waals surface area contributed by atoms with Crippen LogP contribution in [0.1, 0.15) is 71.8 Å². The van der Waals surface area contributed by atoms with Crippen molar-refractivity contribution < 1.29 is 50.1 Å². The van der Waals surface area contributed by atoms with Crippen LogP contribution >= 0.6 is 0 Å².